The van der Waals surface area contributed by atoms with Gasteiger partial charge in [0.2, 0.25) is 11.8 Å². The number of anilines is 1. The summed E-state index contributed by atoms with van der Waals surface area (Å²) in [7, 11) is 0. The van der Waals surface area contributed by atoms with Crippen molar-refractivity contribution < 1.29 is 9.59 Å². The molecule has 0 bridgehead atoms. The van der Waals surface area contributed by atoms with E-state index in [2.05, 4.69) is 16.0 Å². The van der Waals surface area contributed by atoms with E-state index in [1.54, 1.807) is 6.92 Å². The molecule has 0 radical (unpaired) electrons. The molecule has 3 N–H and O–H groups in total. The van der Waals surface area contributed by atoms with Crippen LogP contribution in [0.25, 0.3) is 0 Å². The molecule has 5 heteroatoms. The van der Waals surface area contributed by atoms with Gasteiger partial charge < -0.3 is 10.6 Å². The molecule has 1 aliphatic rings. The van der Waals surface area contributed by atoms with Crippen molar-refractivity contribution in [1.29, 1.82) is 0 Å². The molecule has 2 amide bonds. The van der Waals surface area contributed by atoms with Crippen LogP contribution in [0, 0.1) is 6.92 Å². The summed E-state index contributed by atoms with van der Waals surface area (Å²) >= 11 is 0. The van der Waals surface area contributed by atoms with Crippen LogP contribution in [0.2, 0.25) is 0 Å². The molecule has 1 aromatic carbocycles. The summed E-state index contributed by atoms with van der Waals surface area (Å²) in [6.07, 6.45) is 0.893. The number of benzene rings is 1. The van der Waals surface area contributed by atoms with Gasteiger partial charge in [-0.1, -0.05) is 24.6 Å². The lowest BCUT2D eigenvalue weighted by Gasteiger charge is -2.18. The number of rotatable bonds is 5. The Hall–Kier alpha value is -1.88. The molecule has 1 aromatic rings. The molecule has 108 valence electrons. The Morgan fingerprint density at radius 2 is 2.20 bits per heavy atom. The highest BCUT2D eigenvalue weighted by Crippen LogP contribution is 2.31. The third kappa shape index (κ3) is 2.99. The van der Waals surface area contributed by atoms with E-state index in [1.165, 1.54) is 0 Å². The number of carbonyl (C=O) groups excluding carboxylic acids is 2. The molecule has 1 aliphatic heterocycles. The van der Waals surface area contributed by atoms with Gasteiger partial charge in [-0.05, 0) is 26.3 Å². The second-order valence-electron chi connectivity index (χ2n) is 5.19. The Kier molecular flexibility index (Phi) is 4.39. The van der Waals surface area contributed by atoms with Gasteiger partial charge >= 0.3 is 0 Å². The first kappa shape index (κ1) is 14.5. The van der Waals surface area contributed by atoms with Crippen molar-refractivity contribution >= 4 is 17.5 Å². The molecule has 0 saturated carbocycles. The lowest BCUT2D eigenvalue weighted by Crippen LogP contribution is -2.45. The van der Waals surface area contributed by atoms with Crippen LogP contribution in [0.4, 0.5) is 5.69 Å². The lowest BCUT2D eigenvalue weighted by atomic mass is 10.0. The molecule has 0 spiro atoms. The minimum absolute atomic E-state index is 0.0826. The molecule has 0 aromatic heterocycles. The molecule has 0 aliphatic carbocycles. The molecular weight excluding hydrogens is 254 g/mol. The van der Waals surface area contributed by atoms with Crippen LogP contribution < -0.4 is 16.0 Å². The van der Waals surface area contributed by atoms with E-state index in [1.807, 2.05) is 32.0 Å². The second-order valence-corrected chi connectivity index (χ2v) is 5.19. The van der Waals surface area contributed by atoms with E-state index >= 15 is 0 Å². The van der Waals surface area contributed by atoms with Gasteiger partial charge in [0, 0.05) is 17.8 Å². The average molecular weight is 275 g/mol. The number of hydrogen-bond donors (Lipinski definition) is 3. The smallest absolute Gasteiger partial charge is 0.246 e. The number of amides is 2. The maximum absolute atomic E-state index is 12.0. The zero-order chi connectivity index (χ0) is 14.7. The third-order valence-corrected chi connectivity index (χ3v) is 3.40. The standard InChI is InChI=1S/C15H21N3O2/c1-4-7-16-14(19)10(3)17-13-11-8-9(2)5-6-12(11)18-15(13)20/h5-6,8,10,13,17H,4,7H2,1-3H3,(H,16,19)(H,18,20). The predicted molar refractivity (Wildman–Crippen MR) is 78.4 cm³/mol. The molecule has 2 atom stereocenters. The molecule has 2 unspecified atom stereocenters. The Morgan fingerprint density at radius 1 is 1.45 bits per heavy atom. The first-order chi connectivity index (χ1) is 9.52. The van der Waals surface area contributed by atoms with Crippen LogP contribution in [-0.2, 0) is 9.59 Å². The first-order valence-electron chi connectivity index (χ1n) is 6.98. The molecule has 0 saturated heterocycles. The minimum Gasteiger partial charge on any atom is -0.355 e. The van der Waals surface area contributed by atoms with Gasteiger partial charge in [-0.2, -0.15) is 0 Å². The molecule has 2 rings (SSSR count). The van der Waals surface area contributed by atoms with Gasteiger partial charge in [0.05, 0.1) is 6.04 Å². The minimum atomic E-state index is -0.465. The highest BCUT2D eigenvalue weighted by atomic mass is 16.2. The van der Waals surface area contributed by atoms with Crippen LogP contribution in [-0.4, -0.2) is 24.4 Å². The summed E-state index contributed by atoms with van der Waals surface area (Å²) in [5.74, 6) is -0.193. The van der Waals surface area contributed by atoms with Crippen molar-refractivity contribution in [2.24, 2.45) is 0 Å². The maximum Gasteiger partial charge on any atom is 0.246 e. The Bertz CT molecular complexity index is 528. The normalized spacial score (nSPS) is 18.4. The SMILES string of the molecule is CCCNC(=O)C(C)NC1C(=O)Nc2ccc(C)cc21. The molecule has 0 fully saturated rings. The number of hydrogen-bond acceptors (Lipinski definition) is 3. The summed E-state index contributed by atoms with van der Waals surface area (Å²) in [5.41, 5.74) is 2.82. The Morgan fingerprint density at radius 3 is 2.90 bits per heavy atom. The van der Waals surface area contributed by atoms with E-state index < -0.39 is 12.1 Å². The Labute approximate surface area is 119 Å². The quantitative estimate of drug-likeness (QED) is 0.762. The monoisotopic (exact) mass is 275 g/mol. The van der Waals surface area contributed by atoms with E-state index in [9.17, 15) is 9.59 Å². The van der Waals surface area contributed by atoms with Crippen molar-refractivity contribution in [2.75, 3.05) is 11.9 Å². The highest BCUT2D eigenvalue weighted by Gasteiger charge is 2.32. The first-order valence-corrected chi connectivity index (χ1v) is 6.98. The van der Waals surface area contributed by atoms with E-state index in [4.69, 9.17) is 0 Å². The van der Waals surface area contributed by atoms with Crippen molar-refractivity contribution in [3.8, 4) is 0 Å². The second kappa shape index (κ2) is 6.05. The van der Waals surface area contributed by atoms with Crippen LogP contribution >= 0.6 is 0 Å². The lowest BCUT2D eigenvalue weighted by molar-refractivity contribution is -0.123. The third-order valence-electron chi connectivity index (χ3n) is 3.40. The summed E-state index contributed by atoms with van der Waals surface area (Å²) in [5, 5.41) is 8.75. The van der Waals surface area contributed by atoms with Crippen LogP contribution in [0.3, 0.4) is 0 Å². The fourth-order valence-electron chi connectivity index (χ4n) is 2.27. The maximum atomic E-state index is 12.0. The predicted octanol–water partition coefficient (Wildman–Crippen LogP) is 1.49. The summed E-state index contributed by atoms with van der Waals surface area (Å²) in [6.45, 7) is 6.41. The van der Waals surface area contributed by atoms with Gasteiger partial charge in [0.15, 0.2) is 0 Å². The fraction of sp³-hybridized carbons (Fsp3) is 0.467. The van der Waals surface area contributed by atoms with Gasteiger partial charge in [-0.25, -0.2) is 0 Å². The highest BCUT2D eigenvalue weighted by molar-refractivity contribution is 6.03. The molecule has 1 heterocycles. The van der Waals surface area contributed by atoms with Crippen molar-refractivity contribution in [2.45, 2.75) is 39.3 Å². The van der Waals surface area contributed by atoms with Crippen LogP contribution in [0.5, 0.6) is 0 Å². The van der Waals surface area contributed by atoms with Crippen molar-refractivity contribution in [1.82, 2.24) is 10.6 Å². The van der Waals surface area contributed by atoms with Crippen molar-refractivity contribution in [3.63, 3.8) is 0 Å². The number of carbonyl (C=O) groups is 2. The zero-order valence-electron chi connectivity index (χ0n) is 12.1. The number of aryl methyl sites for hydroxylation is 1. The molecule has 5 nitrogen and oxygen atoms in total. The average Bonchev–Trinajstić information content (AvgIpc) is 2.72. The van der Waals surface area contributed by atoms with Crippen LogP contribution in [0.15, 0.2) is 18.2 Å². The number of fused-ring (bicyclic) bond motifs is 1. The summed E-state index contributed by atoms with van der Waals surface area (Å²) in [4.78, 5) is 23.9. The summed E-state index contributed by atoms with van der Waals surface area (Å²) < 4.78 is 0. The van der Waals surface area contributed by atoms with E-state index in [0.29, 0.717) is 6.54 Å². The van der Waals surface area contributed by atoms with Crippen molar-refractivity contribution in [3.05, 3.63) is 29.3 Å². The molecular formula is C15H21N3O2. The topological polar surface area (TPSA) is 70.2 Å². The van der Waals surface area contributed by atoms with E-state index in [-0.39, 0.29) is 11.8 Å². The van der Waals surface area contributed by atoms with Crippen LogP contribution in [0.1, 0.15) is 37.4 Å². The van der Waals surface area contributed by atoms with Gasteiger partial charge in [0.25, 0.3) is 0 Å². The van der Waals surface area contributed by atoms with E-state index in [0.717, 1.165) is 23.2 Å². The fourth-order valence-corrected chi connectivity index (χ4v) is 2.27. The van der Waals surface area contributed by atoms with Gasteiger partial charge in [0.1, 0.15) is 6.04 Å². The largest absolute Gasteiger partial charge is 0.355 e. The number of nitrogens with one attached hydrogen (secondary N) is 3. The van der Waals surface area contributed by atoms with Gasteiger partial charge in [-0.3, -0.25) is 14.9 Å². The molecule has 20 heavy (non-hydrogen) atoms. The zero-order valence-corrected chi connectivity index (χ0v) is 12.1. The Balaban J connectivity index is 2.08. The summed E-state index contributed by atoms with van der Waals surface area (Å²) in [6, 6.07) is 4.95. The van der Waals surface area contributed by atoms with Gasteiger partial charge in [-0.15, -0.1) is 0 Å².